The Kier molecular flexibility index (Phi) is 7.88. The molecule has 0 aliphatic heterocycles. The molecule has 0 aromatic carbocycles. The molecule has 0 unspecified atom stereocenters. The number of nitrogens with zero attached hydrogens (tertiary/aromatic N) is 2. The number of carbonyl (C=O) groups excluding carboxylic acids is 1. The van der Waals surface area contributed by atoms with Crippen molar-refractivity contribution in [2.45, 2.75) is 34.6 Å². The molecule has 1 amide bonds. The van der Waals surface area contributed by atoms with Gasteiger partial charge < -0.3 is 15.4 Å². The van der Waals surface area contributed by atoms with E-state index in [0.717, 1.165) is 5.69 Å². The maximum atomic E-state index is 10.6. The van der Waals surface area contributed by atoms with Gasteiger partial charge in [-0.2, -0.15) is 11.1 Å². The summed E-state index contributed by atoms with van der Waals surface area (Å²) in [7, 11) is 3.74. The number of nitrogens with one attached hydrogen (secondary N) is 1. The first-order chi connectivity index (χ1) is 10.1. The smallest absolute Gasteiger partial charge is 0.0984 e. The minimum atomic E-state index is -0.751. The molecular formula is C18H25IrN3O-2. The summed E-state index contributed by atoms with van der Waals surface area (Å²) in [4.78, 5) is 16.2. The van der Waals surface area contributed by atoms with Gasteiger partial charge in [-0.1, -0.05) is 33.1 Å². The summed E-state index contributed by atoms with van der Waals surface area (Å²) < 4.78 is 0. The van der Waals surface area contributed by atoms with Crippen LogP contribution in [0, 0.1) is 11.5 Å². The molecule has 0 fully saturated rings. The maximum Gasteiger partial charge on any atom is 0.0984 e. The number of aromatic nitrogens is 1. The van der Waals surface area contributed by atoms with E-state index in [0.29, 0.717) is 0 Å². The van der Waals surface area contributed by atoms with Crippen molar-refractivity contribution in [2.24, 2.45) is 5.41 Å². The van der Waals surface area contributed by atoms with E-state index in [2.05, 4.69) is 45.7 Å². The molecule has 1 aromatic heterocycles. The van der Waals surface area contributed by atoms with Crippen molar-refractivity contribution >= 4 is 11.6 Å². The second-order valence-corrected chi connectivity index (χ2v) is 6.25. The largest absolute Gasteiger partial charge is 0.662 e. The average molecular weight is 492 g/mol. The van der Waals surface area contributed by atoms with Crippen molar-refractivity contribution in [2.75, 3.05) is 19.0 Å². The normalized spacial score (nSPS) is 15.2. The Hall–Kier alpha value is -1.45. The third kappa shape index (κ3) is 5.59. The number of hydrogen-bond acceptors (Lipinski definition) is 3. The van der Waals surface area contributed by atoms with Crippen LogP contribution in [0.4, 0.5) is 5.69 Å². The van der Waals surface area contributed by atoms with Crippen LogP contribution in [-0.2, 0) is 20.1 Å². The number of rotatable bonds is 2. The van der Waals surface area contributed by atoms with E-state index in [9.17, 15) is 4.79 Å². The fraction of sp³-hybridized carbons (Fsp3) is 0.444. The first-order valence-corrected chi connectivity index (χ1v) is 7.25. The summed E-state index contributed by atoms with van der Waals surface area (Å²) in [5, 5.41) is 0. The van der Waals surface area contributed by atoms with Crippen LogP contribution in [0.3, 0.4) is 0 Å². The van der Waals surface area contributed by atoms with E-state index >= 15 is 0 Å². The van der Waals surface area contributed by atoms with E-state index in [1.807, 2.05) is 19.0 Å². The Labute approximate surface area is 153 Å². The van der Waals surface area contributed by atoms with Gasteiger partial charge >= 0.3 is 0 Å². The predicted molar refractivity (Wildman–Crippen MR) is 91.8 cm³/mol. The van der Waals surface area contributed by atoms with Crippen LogP contribution in [0.2, 0.25) is 0 Å². The summed E-state index contributed by atoms with van der Waals surface area (Å²) in [6.45, 7) is 10.9. The molecule has 0 saturated heterocycles. The number of hydrogen-bond donors (Lipinski definition) is 0. The fourth-order valence-corrected chi connectivity index (χ4v) is 2.23. The quantitative estimate of drug-likeness (QED) is 0.575. The molecule has 1 radical (unpaired) electrons. The molecular weight excluding hydrogens is 466 g/mol. The van der Waals surface area contributed by atoms with Crippen molar-refractivity contribution in [3.63, 3.8) is 0 Å². The molecule has 1 heterocycles. The van der Waals surface area contributed by atoms with Crippen molar-refractivity contribution in [1.82, 2.24) is 4.98 Å². The molecule has 2 rings (SSSR count). The van der Waals surface area contributed by atoms with Crippen molar-refractivity contribution in [3.05, 3.63) is 52.6 Å². The molecule has 1 aliphatic carbocycles. The minimum Gasteiger partial charge on any atom is -0.662 e. The van der Waals surface area contributed by atoms with Gasteiger partial charge in [0.05, 0.1) is 11.6 Å². The molecule has 1 aromatic rings. The van der Waals surface area contributed by atoms with E-state index in [-0.39, 0.29) is 31.2 Å². The Morgan fingerprint density at radius 2 is 1.83 bits per heavy atom. The van der Waals surface area contributed by atoms with E-state index in [1.54, 1.807) is 12.1 Å². The number of anilines is 1. The van der Waals surface area contributed by atoms with Crippen molar-refractivity contribution in [1.29, 1.82) is 0 Å². The summed E-state index contributed by atoms with van der Waals surface area (Å²) in [6.07, 6.45) is 4.96. The number of amides is 1. The molecule has 0 bridgehead atoms. The topological polar surface area (TPSA) is 57.0 Å². The summed E-state index contributed by atoms with van der Waals surface area (Å²) >= 11 is 0. The molecule has 129 valence electrons. The van der Waals surface area contributed by atoms with Gasteiger partial charge in [0.15, 0.2) is 0 Å². The third-order valence-corrected chi connectivity index (χ3v) is 4.06. The maximum absolute atomic E-state index is 10.6. The fourth-order valence-electron chi connectivity index (χ4n) is 2.23. The molecule has 23 heavy (non-hydrogen) atoms. The number of pyridine rings is 1. The molecule has 5 heteroatoms. The van der Waals surface area contributed by atoms with Crippen molar-refractivity contribution in [3.8, 4) is 0 Å². The molecule has 1 N–H and O–H groups in total. The van der Waals surface area contributed by atoms with Crippen LogP contribution in [0.1, 0.15) is 45.1 Å². The zero-order valence-corrected chi connectivity index (χ0v) is 17.3. The van der Waals surface area contributed by atoms with Crippen LogP contribution in [-0.4, -0.2) is 25.0 Å². The zero-order valence-electron chi connectivity index (χ0n) is 14.9. The third-order valence-electron chi connectivity index (χ3n) is 4.06. The predicted octanol–water partition coefficient (Wildman–Crippen LogP) is 4.45. The summed E-state index contributed by atoms with van der Waals surface area (Å²) in [6, 6.07) is 3.38. The second-order valence-electron chi connectivity index (χ2n) is 6.25. The van der Waals surface area contributed by atoms with E-state index in [1.165, 1.54) is 22.9 Å². The van der Waals surface area contributed by atoms with Gasteiger partial charge in [0.1, 0.15) is 0 Å². The van der Waals surface area contributed by atoms with Crippen LogP contribution in [0.25, 0.3) is 5.73 Å². The molecule has 1 aliphatic rings. The molecule has 0 saturated carbocycles. The number of carbonyl (C=O) groups is 1. The Balaban J connectivity index is 0.000000409. The Morgan fingerprint density at radius 3 is 2.13 bits per heavy atom. The zero-order chi connectivity index (χ0) is 17.1. The van der Waals surface area contributed by atoms with Gasteiger partial charge in [-0.15, -0.1) is 6.92 Å². The number of allylic oxidation sites excluding steroid dienone is 4. The van der Waals surface area contributed by atoms with Crippen LogP contribution in [0.15, 0.2) is 35.0 Å². The van der Waals surface area contributed by atoms with Gasteiger partial charge in [0, 0.05) is 46.1 Å². The van der Waals surface area contributed by atoms with Crippen LogP contribution < -0.4 is 4.90 Å². The van der Waals surface area contributed by atoms with Gasteiger partial charge in [-0.05, 0) is 12.1 Å². The Morgan fingerprint density at radius 1 is 1.26 bits per heavy atom. The summed E-state index contributed by atoms with van der Waals surface area (Å²) in [5.41, 5.74) is 12.3. The average Bonchev–Trinajstić information content (AvgIpc) is 2.62. The second kappa shape index (κ2) is 8.42. The monoisotopic (exact) mass is 492 g/mol. The van der Waals surface area contributed by atoms with Crippen LogP contribution in [0.5, 0.6) is 0 Å². The van der Waals surface area contributed by atoms with Gasteiger partial charge in [-0.3, -0.25) is 11.1 Å². The minimum absolute atomic E-state index is 0. The first-order valence-electron chi connectivity index (χ1n) is 7.25. The van der Waals surface area contributed by atoms with Gasteiger partial charge in [0.2, 0.25) is 0 Å². The van der Waals surface area contributed by atoms with E-state index < -0.39 is 5.91 Å². The molecule has 0 atom stereocenters. The van der Waals surface area contributed by atoms with Gasteiger partial charge in [-0.25, -0.2) is 5.57 Å². The van der Waals surface area contributed by atoms with Crippen molar-refractivity contribution < 1.29 is 24.9 Å². The molecule has 0 spiro atoms. The van der Waals surface area contributed by atoms with Gasteiger partial charge in [0.25, 0.3) is 0 Å². The van der Waals surface area contributed by atoms with E-state index in [4.69, 9.17) is 5.73 Å². The SMILES string of the molecule is CC1=[C-]C(C)(C)C(C)=C1C.CN(C)c1ccnc(C([NH-])=O)c1.[Ir]. The molecule has 4 nitrogen and oxygen atoms in total. The summed E-state index contributed by atoms with van der Waals surface area (Å²) in [5.74, 6) is -0.751. The van der Waals surface area contributed by atoms with Crippen LogP contribution >= 0.6 is 0 Å². The standard InChI is InChI=1S/C10H15.C8H11N3O.Ir/c1-7-6-10(4,5)9(3)8(7)2;1-11(2)6-3-4-10-7(5-6)8(9)12;/h1-5H3;3-5H,1-2H3,(H2,9,12);/q-1;;/p-1. The first kappa shape index (κ1) is 21.5. The Bertz CT molecular complexity index is 631.